The van der Waals surface area contributed by atoms with E-state index < -0.39 is 42.5 Å². The van der Waals surface area contributed by atoms with E-state index in [0.717, 1.165) is 0 Å². The highest BCUT2D eigenvalue weighted by Gasteiger charge is 2.82. The molecule has 0 atom stereocenters. The molecule has 0 spiro atoms. The van der Waals surface area contributed by atoms with Gasteiger partial charge in [0.15, 0.2) is 0 Å². The van der Waals surface area contributed by atoms with Crippen molar-refractivity contribution < 1.29 is 51.5 Å². The lowest BCUT2D eigenvalue weighted by Crippen LogP contribution is -2.68. The second-order valence-corrected chi connectivity index (χ2v) is 8.54. The Balaban J connectivity index is 3.73. The second kappa shape index (κ2) is 3.98. The molecule has 1 fully saturated rings. The molecule has 14 heteroatoms. The number of alkyl halides is 6. The van der Waals surface area contributed by atoms with Crippen molar-refractivity contribution >= 4 is 20.2 Å². The molecule has 0 saturated carbocycles. The van der Waals surface area contributed by atoms with Gasteiger partial charge in [-0.25, -0.2) is 8.37 Å². The molecule has 1 aliphatic heterocycles. The summed E-state index contributed by atoms with van der Waals surface area (Å²) in [5, 5.41) is 0. The zero-order valence-corrected chi connectivity index (χ0v) is 11.2. The minimum absolute atomic E-state index is 0.328. The van der Waals surface area contributed by atoms with Crippen LogP contribution < -0.4 is 0 Å². The maximum absolute atomic E-state index is 12.5. The second-order valence-electron chi connectivity index (χ2n) is 4.09. The van der Waals surface area contributed by atoms with E-state index in [2.05, 4.69) is 8.37 Å². The van der Waals surface area contributed by atoms with E-state index >= 15 is 0 Å². The zero-order valence-electron chi connectivity index (χ0n) is 9.53. The normalized spacial score (nSPS) is 28.0. The third-order valence-corrected chi connectivity index (χ3v) is 6.95. The van der Waals surface area contributed by atoms with Gasteiger partial charge in [0.05, 0.1) is 0 Å². The highest BCUT2D eigenvalue weighted by molar-refractivity contribution is 8.06. The van der Waals surface area contributed by atoms with Crippen LogP contribution in [0.4, 0.5) is 26.3 Å². The molecule has 1 saturated heterocycles. The summed E-state index contributed by atoms with van der Waals surface area (Å²) >= 11 is 0. The summed E-state index contributed by atoms with van der Waals surface area (Å²) in [5.74, 6) is -5.80. The fourth-order valence-electron chi connectivity index (χ4n) is 0.998. The molecule has 0 amide bonds. The van der Waals surface area contributed by atoms with Crippen molar-refractivity contribution in [3.05, 3.63) is 0 Å². The first-order valence-electron chi connectivity index (χ1n) is 4.45. The number of rotatable bonds is 0. The smallest absolute Gasteiger partial charge is 0.214 e. The van der Waals surface area contributed by atoms with Crippen molar-refractivity contribution in [3.8, 4) is 0 Å². The van der Waals surface area contributed by atoms with Crippen molar-refractivity contribution in [1.82, 2.24) is 0 Å². The molecule has 0 bridgehead atoms. The van der Waals surface area contributed by atoms with Crippen LogP contribution in [0.5, 0.6) is 0 Å². The largest absolute Gasteiger partial charge is 0.455 e. The summed E-state index contributed by atoms with van der Waals surface area (Å²) in [5.41, 5.74) is 0. The van der Waals surface area contributed by atoms with Gasteiger partial charge in [0, 0.05) is 0 Å². The van der Waals surface area contributed by atoms with Crippen LogP contribution in [0.3, 0.4) is 0 Å². The van der Waals surface area contributed by atoms with Crippen molar-refractivity contribution in [2.24, 2.45) is 0 Å². The van der Waals surface area contributed by atoms with Gasteiger partial charge in [0.25, 0.3) is 20.2 Å². The van der Waals surface area contributed by atoms with E-state index in [4.69, 9.17) is 0 Å². The van der Waals surface area contributed by atoms with Gasteiger partial charge in [-0.1, -0.05) is 0 Å². The van der Waals surface area contributed by atoms with Crippen LogP contribution in [0.25, 0.3) is 0 Å². The summed E-state index contributed by atoms with van der Waals surface area (Å²) in [6, 6.07) is 0. The van der Waals surface area contributed by atoms with Crippen molar-refractivity contribution in [3.63, 3.8) is 0 Å². The molecule has 1 rings (SSSR count). The van der Waals surface area contributed by atoms with E-state index in [-0.39, 0.29) is 0 Å². The van der Waals surface area contributed by atoms with Gasteiger partial charge in [-0.2, -0.15) is 43.2 Å². The monoisotopic (exact) mass is 352 g/mol. The molecule has 6 nitrogen and oxygen atoms in total. The molecule has 0 unspecified atom stereocenters. The van der Waals surface area contributed by atoms with Gasteiger partial charge < -0.3 is 0 Å². The van der Waals surface area contributed by atoms with Crippen molar-refractivity contribution in [1.29, 1.82) is 0 Å². The molecular weight excluding hydrogens is 346 g/mol. The molecule has 1 heterocycles. The summed E-state index contributed by atoms with van der Waals surface area (Å²) < 4.78 is 124. The van der Waals surface area contributed by atoms with Crippen molar-refractivity contribution in [2.75, 3.05) is 0 Å². The molecule has 20 heavy (non-hydrogen) atoms. The summed E-state index contributed by atoms with van der Waals surface area (Å²) in [7, 11) is -11.6. The summed E-state index contributed by atoms with van der Waals surface area (Å²) in [4.78, 5) is 0. The lowest BCUT2D eigenvalue weighted by molar-refractivity contribution is -0.423. The summed E-state index contributed by atoms with van der Waals surface area (Å²) in [6.45, 7) is 0.655. The minimum Gasteiger partial charge on any atom is -0.214 e. The van der Waals surface area contributed by atoms with Crippen LogP contribution in [0.15, 0.2) is 0 Å². The molecule has 0 aromatic heterocycles. The molecule has 0 N–H and O–H groups in total. The third kappa shape index (κ3) is 2.08. The molecule has 0 aliphatic carbocycles. The number of halogens is 6. The van der Waals surface area contributed by atoms with Crippen LogP contribution in [-0.4, -0.2) is 39.1 Å². The van der Waals surface area contributed by atoms with E-state index in [1.165, 1.54) is 0 Å². The summed E-state index contributed by atoms with van der Waals surface area (Å²) in [6.07, 6.45) is -13.0. The Labute approximate surface area is 108 Å². The van der Waals surface area contributed by atoms with E-state index in [1.54, 1.807) is 0 Å². The first kappa shape index (κ1) is 17.5. The van der Waals surface area contributed by atoms with Gasteiger partial charge in [-0.05, 0) is 13.8 Å². The molecule has 0 radical (unpaired) electrons. The third-order valence-electron chi connectivity index (χ3n) is 2.40. The van der Waals surface area contributed by atoms with Crippen LogP contribution >= 0.6 is 0 Å². The van der Waals surface area contributed by atoms with E-state index in [1.807, 2.05) is 0 Å². The fourth-order valence-corrected chi connectivity index (χ4v) is 3.71. The van der Waals surface area contributed by atoms with Gasteiger partial charge in [-0.3, -0.25) is 0 Å². The minimum atomic E-state index is -6.50. The molecule has 1 aliphatic rings. The Morgan fingerprint density at radius 1 is 0.750 bits per heavy atom. The topological polar surface area (TPSA) is 86.7 Å². The maximum atomic E-state index is 12.5. The Morgan fingerprint density at radius 2 is 1.00 bits per heavy atom. The van der Waals surface area contributed by atoms with Crippen LogP contribution in [0.1, 0.15) is 13.8 Å². The van der Waals surface area contributed by atoms with Crippen molar-refractivity contribution in [2.45, 2.75) is 36.1 Å². The standard InChI is InChI=1S/C6H6F6O6S2/c1-3(2)19(13,14)17-4(5(7,8)9,6(10,11)12)18-20(3,15)16/h1-2H3. The Bertz CT molecular complexity index is 557. The Kier molecular flexibility index (Phi) is 3.48. The van der Waals surface area contributed by atoms with Gasteiger partial charge >= 0.3 is 18.1 Å². The van der Waals surface area contributed by atoms with Gasteiger partial charge in [0.1, 0.15) is 0 Å². The molecule has 0 aromatic carbocycles. The lowest BCUT2D eigenvalue weighted by atomic mass is 10.3. The number of hydrogen-bond donors (Lipinski definition) is 0. The predicted octanol–water partition coefficient (Wildman–Crippen LogP) is 1.25. The molecular formula is C6H6F6O6S2. The van der Waals surface area contributed by atoms with Crippen LogP contribution in [0, 0.1) is 0 Å². The fraction of sp³-hybridized carbons (Fsp3) is 1.00. The Hall–Kier alpha value is -0.600. The van der Waals surface area contributed by atoms with Gasteiger partial charge in [0.2, 0.25) is 4.08 Å². The highest BCUT2D eigenvalue weighted by atomic mass is 32.3. The SMILES string of the molecule is CC1(C)S(=O)(=O)OC(C(F)(F)F)(C(F)(F)F)OS1(=O)=O. The first-order valence-corrected chi connectivity index (χ1v) is 7.27. The maximum Gasteiger partial charge on any atom is 0.455 e. The van der Waals surface area contributed by atoms with E-state index in [0.29, 0.717) is 13.8 Å². The first-order chi connectivity index (χ1) is 8.41. The Morgan fingerprint density at radius 3 is 1.20 bits per heavy atom. The average Bonchev–Trinajstić information content (AvgIpc) is 2.09. The zero-order chi connectivity index (χ0) is 16.4. The predicted molar refractivity (Wildman–Crippen MR) is 48.9 cm³/mol. The van der Waals surface area contributed by atoms with Gasteiger partial charge in [-0.15, -0.1) is 0 Å². The molecule has 0 aromatic rings. The highest BCUT2D eigenvalue weighted by Crippen LogP contribution is 2.53. The quantitative estimate of drug-likeness (QED) is 0.482. The average molecular weight is 352 g/mol. The van der Waals surface area contributed by atoms with Crippen LogP contribution in [-0.2, 0) is 28.6 Å². The molecule has 120 valence electrons. The number of hydrogen-bond acceptors (Lipinski definition) is 6. The lowest BCUT2D eigenvalue weighted by Gasteiger charge is -2.41. The van der Waals surface area contributed by atoms with E-state index in [9.17, 15) is 43.2 Å². The van der Waals surface area contributed by atoms with Crippen LogP contribution in [0.2, 0.25) is 0 Å².